The zero-order valence-corrected chi connectivity index (χ0v) is 31.2. The van der Waals surface area contributed by atoms with Crippen LogP contribution in [0, 0.1) is 0 Å². The molecule has 9 aromatic rings. The van der Waals surface area contributed by atoms with Gasteiger partial charge in [-0.25, -0.2) is 0 Å². The highest BCUT2D eigenvalue weighted by molar-refractivity contribution is 6.17. The summed E-state index contributed by atoms with van der Waals surface area (Å²) in [5.74, 6) is 0. The van der Waals surface area contributed by atoms with Crippen LogP contribution < -0.4 is 0 Å². The van der Waals surface area contributed by atoms with E-state index in [2.05, 4.69) is 176 Å². The van der Waals surface area contributed by atoms with Crippen molar-refractivity contribution in [2.75, 3.05) is 0 Å². The Labute approximate surface area is 299 Å². The highest BCUT2D eigenvalue weighted by Gasteiger charge is 2.28. The van der Waals surface area contributed by atoms with Gasteiger partial charge in [-0.2, -0.15) is 0 Å². The number of furan rings is 2. The van der Waals surface area contributed by atoms with E-state index in [1.54, 1.807) is 0 Å². The predicted molar refractivity (Wildman–Crippen MR) is 217 cm³/mol. The first kappa shape index (κ1) is 31.7. The van der Waals surface area contributed by atoms with Crippen LogP contribution in [0.5, 0.6) is 0 Å². The smallest absolute Gasteiger partial charge is 0.159 e. The van der Waals surface area contributed by atoms with Crippen molar-refractivity contribution in [3.8, 4) is 16.8 Å². The Hall–Kier alpha value is -5.28. The summed E-state index contributed by atoms with van der Waals surface area (Å²) in [6.07, 6.45) is 0. The molecule has 0 fully saturated rings. The lowest BCUT2D eigenvalue weighted by atomic mass is 9.79. The Kier molecular flexibility index (Phi) is 6.60. The summed E-state index contributed by atoms with van der Waals surface area (Å²) in [4.78, 5) is 0. The topological polar surface area (TPSA) is 31.2 Å². The average Bonchev–Trinajstić information content (AvgIpc) is 3.76. The van der Waals surface area contributed by atoms with Crippen molar-refractivity contribution in [1.82, 2.24) is 4.57 Å². The maximum atomic E-state index is 7.12. The molecule has 0 saturated heterocycles. The molecular weight excluding hydrogens is 623 g/mol. The van der Waals surface area contributed by atoms with Gasteiger partial charge in [-0.1, -0.05) is 135 Å². The van der Waals surface area contributed by atoms with Crippen molar-refractivity contribution >= 4 is 65.7 Å². The minimum absolute atomic E-state index is 0.00377. The number of nitrogens with zero attached hydrogens (tertiary/aromatic N) is 1. The number of rotatable bonds is 2. The number of fused-ring (bicyclic) bond motifs is 9. The first-order valence-corrected chi connectivity index (χ1v) is 18.2. The van der Waals surface area contributed by atoms with Gasteiger partial charge in [-0.05, 0) is 63.8 Å². The minimum atomic E-state index is -0.0949. The maximum absolute atomic E-state index is 7.12. The van der Waals surface area contributed by atoms with E-state index in [1.165, 1.54) is 32.8 Å². The van der Waals surface area contributed by atoms with Crippen molar-refractivity contribution < 1.29 is 8.83 Å². The van der Waals surface area contributed by atoms with Crippen LogP contribution in [0.3, 0.4) is 0 Å². The Balaban J connectivity index is 1.38. The number of para-hydroxylation sites is 4. The van der Waals surface area contributed by atoms with Gasteiger partial charge in [0.2, 0.25) is 0 Å². The molecular formula is C48H45NO2. The van der Waals surface area contributed by atoms with Gasteiger partial charge in [0.15, 0.2) is 5.58 Å². The molecule has 3 nitrogen and oxygen atoms in total. The molecule has 0 unspecified atom stereocenters. The molecule has 51 heavy (non-hydrogen) atoms. The van der Waals surface area contributed by atoms with Crippen LogP contribution in [-0.4, -0.2) is 4.57 Å². The number of hydrogen-bond donors (Lipinski definition) is 0. The summed E-state index contributed by atoms with van der Waals surface area (Å²) in [5, 5.41) is 7.00. The summed E-state index contributed by atoms with van der Waals surface area (Å²) < 4.78 is 16.6. The van der Waals surface area contributed by atoms with Crippen LogP contribution >= 0.6 is 0 Å². The fraction of sp³-hybridized carbons (Fsp3) is 0.250. The molecule has 0 aliphatic heterocycles. The average molecular weight is 668 g/mol. The maximum Gasteiger partial charge on any atom is 0.159 e. The van der Waals surface area contributed by atoms with Gasteiger partial charge in [0.25, 0.3) is 0 Å². The van der Waals surface area contributed by atoms with Crippen molar-refractivity contribution in [1.29, 1.82) is 0 Å². The Morgan fingerprint density at radius 2 is 0.882 bits per heavy atom. The van der Waals surface area contributed by atoms with E-state index in [4.69, 9.17) is 8.83 Å². The molecule has 0 saturated carbocycles. The van der Waals surface area contributed by atoms with E-state index in [1.807, 2.05) is 0 Å². The summed E-state index contributed by atoms with van der Waals surface area (Å²) in [7, 11) is 0. The van der Waals surface area contributed by atoms with Crippen LogP contribution in [0.25, 0.3) is 82.5 Å². The van der Waals surface area contributed by atoms with Gasteiger partial charge in [0.1, 0.15) is 16.7 Å². The highest BCUT2D eigenvalue weighted by atomic mass is 16.3. The fourth-order valence-electron chi connectivity index (χ4n) is 7.98. The quantitative estimate of drug-likeness (QED) is 0.184. The lowest BCUT2D eigenvalue weighted by molar-refractivity contribution is 0.559. The second-order valence-corrected chi connectivity index (χ2v) is 17.5. The SMILES string of the molecule is CC(C)(C)c1cc(-c2cccc3c2oc2c(-n4c5ccccc5c5ccccc54)cccc23)c2oc3c(C(C)(C)C)cc(C(C)(C)C)cc3c2c1. The van der Waals surface area contributed by atoms with Crippen molar-refractivity contribution in [3.63, 3.8) is 0 Å². The Bertz CT molecular complexity index is 2800. The largest absolute Gasteiger partial charge is 0.455 e. The number of hydrogen-bond acceptors (Lipinski definition) is 2. The Morgan fingerprint density at radius 1 is 0.392 bits per heavy atom. The normalized spacial score (nSPS) is 13.2. The van der Waals surface area contributed by atoms with Gasteiger partial charge in [0, 0.05) is 49.0 Å². The van der Waals surface area contributed by atoms with E-state index in [-0.39, 0.29) is 16.2 Å². The summed E-state index contributed by atoms with van der Waals surface area (Å²) in [6.45, 7) is 20.6. The number of aromatic nitrogens is 1. The zero-order valence-electron chi connectivity index (χ0n) is 31.2. The molecule has 3 heteroatoms. The van der Waals surface area contributed by atoms with Gasteiger partial charge in [0.05, 0.1) is 16.7 Å². The first-order chi connectivity index (χ1) is 24.2. The minimum Gasteiger partial charge on any atom is -0.455 e. The van der Waals surface area contributed by atoms with E-state index < -0.39 is 0 Å². The third kappa shape index (κ3) is 4.78. The third-order valence-corrected chi connectivity index (χ3v) is 10.8. The molecule has 0 aliphatic rings. The standard InChI is InChI=1S/C48H45NO2/c1-46(2,3)28-24-35(43-36(25-28)37-26-29(47(4,5)6)27-38(44(37)50-43)48(7,8)9)34-19-14-18-32-33-20-15-23-41(45(33)51-42(32)34)49-39-21-12-10-16-30(39)31-17-11-13-22-40(31)49/h10-27H,1-9H3. The van der Waals surface area contributed by atoms with Gasteiger partial charge in [-0.15, -0.1) is 0 Å². The lowest BCUT2D eigenvalue weighted by Gasteiger charge is -2.25. The van der Waals surface area contributed by atoms with E-state index in [0.29, 0.717) is 0 Å². The van der Waals surface area contributed by atoms with Crippen LogP contribution in [0.4, 0.5) is 0 Å². The molecule has 0 atom stereocenters. The number of benzene rings is 6. The highest BCUT2D eigenvalue weighted by Crippen LogP contribution is 2.47. The zero-order chi connectivity index (χ0) is 35.6. The molecule has 0 aliphatic carbocycles. The third-order valence-electron chi connectivity index (χ3n) is 10.8. The van der Waals surface area contributed by atoms with Crippen LogP contribution in [0.2, 0.25) is 0 Å². The second-order valence-electron chi connectivity index (χ2n) is 17.5. The monoisotopic (exact) mass is 667 g/mol. The molecule has 3 aromatic heterocycles. The molecule has 0 spiro atoms. The van der Waals surface area contributed by atoms with Crippen molar-refractivity contribution in [3.05, 3.63) is 126 Å². The molecule has 0 radical (unpaired) electrons. The molecule has 0 amide bonds. The van der Waals surface area contributed by atoms with Crippen LogP contribution in [0.1, 0.15) is 79.0 Å². The summed E-state index contributed by atoms with van der Waals surface area (Å²) >= 11 is 0. The van der Waals surface area contributed by atoms with Crippen LogP contribution in [-0.2, 0) is 16.2 Å². The van der Waals surface area contributed by atoms with Gasteiger partial charge in [-0.3, -0.25) is 0 Å². The lowest BCUT2D eigenvalue weighted by Crippen LogP contribution is -2.16. The van der Waals surface area contributed by atoms with Gasteiger partial charge >= 0.3 is 0 Å². The summed E-state index contributed by atoms with van der Waals surface area (Å²) in [5.41, 5.74) is 12.8. The second kappa shape index (κ2) is 10.6. The molecule has 9 rings (SSSR count). The molecule has 254 valence electrons. The first-order valence-electron chi connectivity index (χ1n) is 18.2. The molecule has 3 heterocycles. The fourth-order valence-corrected chi connectivity index (χ4v) is 7.98. The van der Waals surface area contributed by atoms with Crippen LogP contribution in [0.15, 0.2) is 118 Å². The predicted octanol–water partition coefficient (Wildman–Crippen LogP) is 14.1. The molecule has 0 bridgehead atoms. The van der Waals surface area contributed by atoms with Crippen molar-refractivity contribution in [2.24, 2.45) is 0 Å². The van der Waals surface area contributed by atoms with E-state index in [0.717, 1.165) is 66.3 Å². The molecule has 0 N–H and O–H groups in total. The van der Waals surface area contributed by atoms with Crippen molar-refractivity contribution in [2.45, 2.75) is 78.6 Å². The Morgan fingerprint density at radius 3 is 1.49 bits per heavy atom. The summed E-state index contributed by atoms with van der Waals surface area (Å²) in [6, 6.07) is 39.8. The van der Waals surface area contributed by atoms with E-state index >= 15 is 0 Å². The van der Waals surface area contributed by atoms with E-state index in [9.17, 15) is 0 Å². The van der Waals surface area contributed by atoms with Gasteiger partial charge < -0.3 is 13.4 Å². The molecule has 6 aromatic carbocycles.